The van der Waals surface area contributed by atoms with Crippen molar-refractivity contribution in [2.24, 2.45) is 0 Å². The van der Waals surface area contributed by atoms with Crippen molar-refractivity contribution in [1.82, 2.24) is 14.9 Å². The first kappa shape index (κ1) is 14.1. The van der Waals surface area contributed by atoms with Crippen LogP contribution in [0.15, 0.2) is 30.7 Å². The van der Waals surface area contributed by atoms with E-state index in [1.807, 2.05) is 35.3 Å². The normalized spacial score (nSPS) is 10.2. The van der Waals surface area contributed by atoms with Gasteiger partial charge < -0.3 is 14.6 Å². The molecule has 0 saturated carbocycles. The smallest absolute Gasteiger partial charge is 0.136 e. The van der Waals surface area contributed by atoms with Gasteiger partial charge in [-0.3, -0.25) is 0 Å². The van der Waals surface area contributed by atoms with Crippen LogP contribution in [0.4, 0.5) is 0 Å². The highest BCUT2D eigenvalue weighted by Crippen LogP contribution is 2.19. The number of nitrogens with zero attached hydrogens (tertiary/aromatic N) is 3. The molecule has 0 atom stereocenters. The molecule has 2 rings (SSSR count). The zero-order valence-electron chi connectivity index (χ0n) is 11.8. The van der Waals surface area contributed by atoms with Gasteiger partial charge in [-0.1, -0.05) is 13.0 Å². The van der Waals surface area contributed by atoms with Gasteiger partial charge in [0.05, 0.1) is 24.7 Å². The molecular weight excluding hydrogens is 252 g/mol. The first-order valence-corrected chi connectivity index (χ1v) is 6.55. The number of nitriles is 1. The summed E-state index contributed by atoms with van der Waals surface area (Å²) in [6, 6.07) is 7.78. The molecule has 0 amide bonds. The van der Waals surface area contributed by atoms with Gasteiger partial charge in [0.2, 0.25) is 0 Å². The Bertz CT molecular complexity index is 613. The van der Waals surface area contributed by atoms with Crippen LogP contribution in [0.3, 0.4) is 0 Å². The largest absolute Gasteiger partial charge is 0.495 e. The lowest BCUT2D eigenvalue weighted by Gasteiger charge is -2.06. The van der Waals surface area contributed by atoms with Gasteiger partial charge in [-0.2, -0.15) is 5.26 Å². The molecular formula is C15H18N4O. The van der Waals surface area contributed by atoms with Crippen LogP contribution in [-0.2, 0) is 13.1 Å². The summed E-state index contributed by atoms with van der Waals surface area (Å²) in [5, 5.41) is 12.3. The molecule has 0 unspecified atom stereocenters. The maximum Gasteiger partial charge on any atom is 0.136 e. The van der Waals surface area contributed by atoms with E-state index in [1.165, 1.54) is 0 Å². The summed E-state index contributed by atoms with van der Waals surface area (Å²) in [6.07, 6.45) is 3.82. The van der Waals surface area contributed by atoms with Crippen LogP contribution in [0, 0.1) is 11.3 Å². The van der Waals surface area contributed by atoms with E-state index >= 15 is 0 Å². The number of rotatable bonds is 6. The second kappa shape index (κ2) is 6.73. The van der Waals surface area contributed by atoms with E-state index in [-0.39, 0.29) is 0 Å². The fourth-order valence-electron chi connectivity index (χ4n) is 1.99. The monoisotopic (exact) mass is 270 g/mol. The Balaban J connectivity index is 2.10. The van der Waals surface area contributed by atoms with Gasteiger partial charge in [0, 0.05) is 19.3 Å². The van der Waals surface area contributed by atoms with E-state index in [0.717, 1.165) is 24.3 Å². The number of hydrogen-bond acceptors (Lipinski definition) is 4. The average molecular weight is 270 g/mol. The van der Waals surface area contributed by atoms with Gasteiger partial charge in [-0.05, 0) is 24.2 Å². The average Bonchev–Trinajstić information content (AvgIpc) is 2.92. The number of aromatic nitrogens is 2. The van der Waals surface area contributed by atoms with Crippen LogP contribution in [-0.4, -0.2) is 23.2 Å². The van der Waals surface area contributed by atoms with E-state index < -0.39 is 0 Å². The van der Waals surface area contributed by atoms with Crippen molar-refractivity contribution in [3.05, 3.63) is 47.5 Å². The van der Waals surface area contributed by atoms with Crippen molar-refractivity contribution in [3.63, 3.8) is 0 Å². The fraction of sp³-hybridized carbons (Fsp3) is 0.333. The number of imidazole rings is 1. The molecule has 0 spiro atoms. The Morgan fingerprint density at radius 2 is 2.30 bits per heavy atom. The third-order valence-electron chi connectivity index (χ3n) is 2.99. The van der Waals surface area contributed by atoms with Gasteiger partial charge >= 0.3 is 0 Å². The second-order valence-electron chi connectivity index (χ2n) is 4.46. The molecule has 0 saturated heterocycles. The Labute approximate surface area is 118 Å². The molecule has 5 nitrogen and oxygen atoms in total. The number of nitrogens with one attached hydrogen (secondary N) is 1. The summed E-state index contributed by atoms with van der Waals surface area (Å²) >= 11 is 0. The van der Waals surface area contributed by atoms with E-state index in [0.29, 0.717) is 17.9 Å². The highest BCUT2D eigenvalue weighted by Gasteiger charge is 2.05. The molecule has 0 aliphatic heterocycles. The zero-order valence-corrected chi connectivity index (χ0v) is 11.8. The van der Waals surface area contributed by atoms with E-state index in [2.05, 4.69) is 23.3 Å². The Kier molecular flexibility index (Phi) is 4.75. The Morgan fingerprint density at radius 3 is 3.00 bits per heavy atom. The lowest BCUT2D eigenvalue weighted by atomic mass is 10.1. The summed E-state index contributed by atoms with van der Waals surface area (Å²) in [5.74, 6) is 0.606. The molecule has 5 heteroatoms. The van der Waals surface area contributed by atoms with Crippen molar-refractivity contribution in [2.75, 3.05) is 13.7 Å². The van der Waals surface area contributed by atoms with Crippen LogP contribution in [0.2, 0.25) is 0 Å². The fourth-order valence-corrected chi connectivity index (χ4v) is 1.99. The molecule has 0 aliphatic carbocycles. The van der Waals surface area contributed by atoms with E-state index in [4.69, 9.17) is 10.00 Å². The van der Waals surface area contributed by atoms with Gasteiger partial charge in [0.15, 0.2) is 0 Å². The summed E-state index contributed by atoms with van der Waals surface area (Å²) in [7, 11) is 1.57. The molecule has 20 heavy (non-hydrogen) atoms. The lowest BCUT2D eigenvalue weighted by molar-refractivity contribution is 0.413. The van der Waals surface area contributed by atoms with Gasteiger partial charge in [0.1, 0.15) is 11.8 Å². The van der Waals surface area contributed by atoms with Gasteiger partial charge in [-0.15, -0.1) is 0 Å². The molecule has 1 N–H and O–H groups in total. The topological polar surface area (TPSA) is 62.9 Å². The third kappa shape index (κ3) is 3.37. The Morgan fingerprint density at radius 1 is 1.45 bits per heavy atom. The molecule has 2 aromatic rings. The predicted molar refractivity (Wildman–Crippen MR) is 76.4 cm³/mol. The first-order chi connectivity index (χ1) is 9.76. The minimum absolute atomic E-state index is 0.554. The van der Waals surface area contributed by atoms with E-state index in [1.54, 1.807) is 7.11 Å². The SMILES string of the molecule is CCNCc1cn(Cc2ccc(OC)c(C#N)c2)cn1. The molecule has 104 valence electrons. The molecule has 1 heterocycles. The number of methoxy groups -OCH3 is 1. The molecule has 0 fully saturated rings. The predicted octanol–water partition coefficient (Wildman–Crippen LogP) is 1.92. The minimum atomic E-state index is 0.554. The zero-order chi connectivity index (χ0) is 14.4. The molecule has 0 radical (unpaired) electrons. The van der Waals surface area contributed by atoms with Crippen molar-refractivity contribution in [2.45, 2.75) is 20.0 Å². The van der Waals surface area contributed by atoms with E-state index in [9.17, 15) is 0 Å². The van der Waals surface area contributed by atoms with Crippen LogP contribution in [0.25, 0.3) is 0 Å². The van der Waals surface area contributed by atoms with Crippen molar-refractivity contribution < 1.29 is 4.74 Å². The summed E-state index contributed by atoms with van der Waals surface area (Å²) in [4.78, 5) is 4.34. The van der Waals surface area contributed by atoms with Gasteiger partial charge in [-0.25, -0.2) is 4.98 Å². The number of ether oxygens (including phenoxy) is 1. The standard InChI is InChI=1S/C15H18N4O/c1-3-17-8-14-10-19(11-18-14)9-12-4-5-15(20-2)13(6-12)7-16/h4-6,10-11,17H,3,8-9H2,1-2H3. The molecule has 1 aromatic heterocycles. The highest BCUT2D eigenvalue weighted by molar-refractivity contribution is 5.45. The van der Waals surface area contributed by atoms with Gasteiger partial charge in [0.25, 0.3) is 0 Å². The van der Waals surface area contributed by atoms with Crippen LogP contribution < -0.4 is 10.1 Å². The number of hydrogen-bond donors (Lipinski definition) is 1. The number of benzene rings is 1. The van der Waals surface area contributed by atoms with Crippen LogP contribution in [0.1, 0.15) is 23.7 Å². The summed E-state index contributed by atoms with van der Waals surface area (Å²) in [6.45, 7) is 4.46. The summed E-state index contributed by atoms with van der Waals surface area (Å²) in [5.41, 5.74) is 2.62. The van der Waals surface area contributed by atoms with Crippen LogP contribution >= 0.6 is 0 Å². The molecule has 0 bridgehead atoms. The minimum Gasteiger partial charge on any atom is -0.495 e. The second-order valence-corrected chi connectivity index (χ2v) is 4.46. The van der Waals surface area contributed by atoms with Crippen molar-refractivity contribution in [3.8, 4) is 11.8 Å². The third-order valence-corrected chi connectivity index (χ3v) is 2.99. The maximum atomic E-state index is 9.08. The lowest BCUT2D eigenvalue weighted by Crippen LogP contribution is -2.11. The van der Waals surface area contributed by atoms with Crippen molar-refractivity contribution >= 4 is 0 Å². The van der Waals surface area contributed by atoms with Crippen LogP contribution in [0.5, 0.6) is 5.75 Å². The summed E-state index contributed by atoms with van der Waals surface area (Å²) < 4.78 is 7.15. The van der Waals surface area contributed by atoms with Crippen molar-refractivity contribution in [1.29, 1.82) is 5.26 Å². The first-order valence-electron chi connectivity index (χ1n) is 6.55. The molecule has 1 aromatic carbocycles. The molecule has 0 aliphatic rings. The Hall–Kier alpha value is -2.32. The quantitative estimate of drug-likeness (QED) is 0.871. The maximum absolute atomic E-state index is 9.08. The highest BCUT2D eigenvalue weighted by atomic mass is 16.5.